The number of terminal acetylenes is 1. The Morgan fingerprint density at radius 3 is 2.23 bits per heavy atom. The van der Waals surface area contributed by atoms with E-state index in [4.69, 9.17) is 41.7 Å². The molecule has 0 aromatic carbocycles. The summed E-state index contributed by atoms with van der Waals surface area (Å²) in [6, 6.07) is 0. The van der Waals surface area contributed by atoms with Crippen LogP contribution < -0.4 is 4.90 Å². The summed E-state index contributed by atoms with van der Waals surface area (Å²) in [6.07, 6.45) is 2.24. The number of anilines is 1. The highest BCUT2D eigenvalue weighted by atomic mass is 35.5. The maximum absolute atomic E-state index is 10.4. The van der Waals surface area contributed by atoms with E-state index in [0.717, 1.165) is 32.7 Å². The van der Waals surface area contributed by atoms with Crippen LogP contribution in [0.2, 0.25) is 5.28 Å². The molecule has 4 atom stereocenters. The molecule has 15 heteroatoms. The second-order valence-corrected chi connectivity index (χ2v) is 9.63. The van der Waals surface area contributed by atoms with E-state index in [9.17, 15) is 15.3 Å². The summed E-state index contributed by atoms with van der Waals surface area (Å²) in [5, 5.41) is 35.0. The van der Waals surface area contributed by atoms with Crippen molar-refractivity contribution >= 4 is 28.5 Å². The first-order valence-electron chi connectivity index (χ1n) is 13.3. The lowest BCUT2D eigenvalue weighted by Gasteiger charge is -2.35. The number of nitrogens with zero attached hydrogens (tertiary/aromatic N) is 6. The van der Waals surface area contributed by atoms with Gasteiger partial charge in [-0.2, -0.15) is 15.1 Å². The number of hydrogen-bond acceptors (Lipinski definition) is 13. The summed E-state index contributed by atoms with van der Waals surface area (Å²) in [5.41, 5.74) is 0.378. The van der Waals surface area contributed by atoms with Gasteiger partial charge in [0.05, 0.1) is 64.4 Å². The number of aliphatic hydroxyl groups excluding tert-OH is 3. The number of hydrogen-bond donors (Lipinski definition) is 3. The molecule has 2 aliphatic rings. The topological polar surface area (TPSA) is 157 Å². The second kappa shape index (κ2) is 15.7. The van der Waals surface area contributed by atoms with Crippen LogP contribution in [-0.4, -0.2) is 150 Å². The summed E-state index contributed by atoms with van der Waals surface area (Å²) >= 11 is 6.26. The molecule has 14 nitrogen and oxygen atoms in total. The number of piperazine rings is 1. The van der Waals surface area contributed by atoms with Gasteiger partial charge in [-0.25, -0.2) is 4.68 Å². The van der Waals surface area contributed by atoms with Gasteiger partial charge in [0.1, 0.15) is 30.7 Å². The average molecular weight is 585 g/mol. The molecule has 2 aromatic heterocycles. The fourth-order valence-electron chi connectivity index (χ4n) is 4.56. The van der Waals surface area contributed by atoms with Crippen molar-refractivity contribution in [2.45, 2.75) is 24.5 Å². The molecule has 0 unspecified atom stereocenters. The highest BCUT2D eigenvalue weighted by Gasteiger charge is 2.44. The number of rotatable bonds is 16. The fraction of sp³-hybridized carbons (Fsp3) is 0.720. The zero-order valence-electron chi connectivity index (χ0n) is 22.3. The highest BCUT2D eigenvalue weighted by Crippen LogP contribution is 2.33. The van der Waals surface area contributed by atoms with Gasteiger partial charge in [0.2, 0.25) is 5.28 Å². The molecule has 0 amide bonds. The number of ether oxygens (including phenoxy) is 5. The van der Waals surface area contributed by atoms with Crippen molar-refractivity contribution in [3.8, 4) is 12.3 Å². The predicted octanol–water partition coefficient (Wildman–Crippen LogP) is -1.09. The maximum Gasteiger partial charge on any atom is 0.226 e. The molecule has 2 saturated heterocycles. The molecular formula is C25H37ClN6O8. The van der Waals surface area contributed by atoms with Gasteiger partial charge >= 0.3 is 0 Å². The first kappa shape index (κ1) is 30.8. The summed E-state index contributed by atoms with van der Waals surface area (Å²) in [5.74, 6) is 3.04. The van der Waals surface area contributed by atoms with Gasteiger partial charge in [0.25, 0.3) is 0 Å². The molecule has 4 rings (SSSR count). The number of halogens is 1. The predicted molar refractivity (Wildman–Crippen MR) is 144 cm³/mol. The van der Waals surface area contributed by atoms with E-state index in [2.05, 4.69) is 30.8 Å². The third kappa shape index (κ3) is 7.98. The van der Waals surface area contributed by atoms with Crippen LogP contribution in [-0.2, 0) is 23.7 Å². The first-order valence-corrected chi connectivity index (χ1v) is 13.7. The maximum atomic E-state index is 10.4. The molecule has 2 fully saturated rings. The highest BCUT2D eigenvalue weighted by molar-refractivity contribution is 6.28. The average Bonchev–Trinajstić information content (AvgIpc) is 3.51. The van der Waals surface area contributed by atoms with Crippen LogP contribution in [0.25, 0.3) is 11.0 Å². The van der Waals surface area contributed by atoms with E-state index in [1.54, 1.807) is 6.20 Å². The molecule has 0 saturated carbocycles. The molecule has 2 aliphatic heterocycles. The third-order valence-corrected chi connectivity index (χ3v) is 6.86. The van der Waals surface area contributed by atoms with Gasteiger partial charge in [-0.1, -0.05) is 5.92 Å². The monoisotopic (exact) mass is 584 g/mol. The normalized spacial score (nSPS) is 23.7. The summed E-state index contributed by atoms with van der Waals surface area (Å²) in [6.45, 7) is 7.32. The molecular weight excluding hydrogens is 548 g/mol. The second-order valence-electron chi connectivity index (χ2n) is 9.29. The van der Waals surface area contributed by atoms with Crippen LogP contribution in [0.3, 0.4) is 0 Å². The molecule has 0 spiro atoms. The Morgan fingerprint density at radius 2 is 1.60 bits per heavy atom. The Balaban J connectivity index is 1.17. The van der Waals surface area contributed by atoms with Crippen molar-refractivity contribution in [3.05, 3.63) is 11.5 Å². The minimum atomic E-state index is -1.28. The number of aromatic nitrogens is 4. The number of aliphatic hydroxyl groups is 3. The molecule has 4 heterocycles. The minimum absolute atomic E-state index is 0.0367. The van der Waals surface area contributed by atoms with Crippen LogP contribution in [0.5, 0.6) is 0 Å². The van der Waals surface area contributed by atoms with Crippen LogP contribution in [0.15, 0.2) is 6.20 Å². The molecule has 0 radical (unpaired) electrons. The largest absolute Gasteiger partial charge is 0.394 e. The van der Waals surface area contributed by atoms with E-state index in [0.29, 0.717) is 69.7 Å². The van der Waals surface area contributed by atoms with Gasteiger partial charge in [-0.05, 0) is 11.6 Å². The van der Waals surface area contributed by atoms with Crippen molar-refractivity contribution in [1.29, 1.82) is 0 Å². The number of fused-ring (bicyclic) bond motifs is 1. The molecule has 3 N–H and O–H groups in total. The van der Waals surface area contributed by atoms with E-state index >= 15 is 0 Å². The van der Waals surface area contributed by atoms with Crippen LogP contribution >= 0.6 is 11.6 Å². The summed E-state index contributed by atoms with van der Waals surface area (Å²) in [4.78, 5) is 13.2. The van der Waals surface area contributed by atoms with Gasteiger partial charge in [0, 0.05) is 32.7 Å². The molecule has 40 heavy (non-hydrogen) atoms. The Kier molecular flexibility index (Phi) is 12.1. The summed E-state index contributed by atoms with van der Waals surface area (Å²) < 4.78 is 28.7. The van der Waals surface area contributed by atoms with Crippen LogP contribution in [0.4, 0.5) is 5.82 Å². The van der Waals surface area contributed by atoms with Gasteiger partial charge in [0.15, 0.2) is 11.9 Å². The molecule has 0 bridgehead atoms. The standard InChI is InChI=1S/C25H37ClN6O8/c1-2-8-36-10-12-38-14-15-39-13-11-37-9-7-30-3-5-31(6-4-30)22-18-16-27-32(23(18)29-25(26)28-22)24-21(35)20(34)19(17-33)40-24/h1,16,19-21,24,33-35H,3-15,17H2/t19-,20-,21-,24-/m1/s1. The van der Waals surface area contributed by atoms with E-state index in [1.807, 2.05) is 0 Å². The van der Waals surface area contributed by atoms with Gasteiger partial charge < -0.3 is 43.9 Å². The molecule has 2 aromatic rings. The minimum Gasteiger partial charge on any atom is -0.394 e. The zero-order valence-corrected chi connectivity index (χ0v) is 23.1. The lowest BCUT2D eigenvalue weighted by Crippen LogP contribution is -2.47. The Morgan fingerprint density at radius 1 is 0.950 bits per heavy atom. The third-order valence-electron chi connectivity index (χ3n) is 6.69. The van der Waals surface area contributed by atoms with Crippen LogP contribution in [0.1, 0.15) is 6.23 Å². The first-order chi connectivity index (χ1) is 19.5. The van der Waals surface area contributed by atoms with E-state index < -0.39 is 31.1 Å². The molecule has 0 aliphatic carbocycles. The lowest BCUT2D eigenvalue weighted by atomic mass is 10.1. The zero-order chi connectivity index (χ0) is 28.3. The Hall–Kier alpha value is -2.16. The quantitative estimate of drug-likeness (QED) is 0.124. The van der Waals surface area contributed by atoms with Gasteiger partial charge in [-0.15, -0.1) is 6.42 Å². The Bertz CT molecular complexity index is 1100. The SMILES string of the molecule is C#CCOCCOCCOCCOCCN1CCN(c2nc(Cl)nc3c2cnn3[C@@H]2O[C@H](CO)[C@@H](O)[C@H]2O)CC1. The van der Waals surface area contributed by atoms with E-state index in [1.165, 1.54) is 4.68 Å². The van der Waals surface area contributed by atoms with Crippen molar-refractivity contribution in [3.63, 3.8) is 0 Å². The lowest BCUT2D eigenvalue weighted by molar-refractivity contribution is -0.0566. The van der Waals surface area contributed by atoms with E-state index in [-0.39, 0.29) is 5.28 Å². The van der Waals surface area contributed by atoms with Crippen molar-refractivity contribution in [2.24, 2.45) is 0 Å². The summed E-state index contributed by atoms with van der Waals surface area (Å²) in [7, 11) is 0. The Labute approximate surface area is 237 Å². The van der Waals surface area contributed by atoms with Crippen molar-refractivity contribution < 1.29 is 39.0 Å². The van der Waals surface area contributed by atoms with Gasteiger partial charge in [-0.3, -0.25) is 4.90 Å². The van der Waals surface area contributed by atoms with Crippen molar-refractivity contribution in [1.82, 2.24) is 24.6 Å². The van der Waals surface area contributed by atoms with Crippen LogP contribution in [0, 0.1) is 12.3 Å². The molecule has 222 valence electrons. The van der Waals surface area contributed by atoms with Crippen molar-refractivity contribution in [2.75, 3.05) is 97.1 Å². The fourth-order valence-corrected chi connectivity index (χ4v) is 4.72. The smallest absolute Gasteiger partial charge is 0.226 e.